The van der Waals surface area contributed by atoms with Gasteiger partial charge in [0.15, 0.2) is 0 Å². The number of hydrogen-bond acceptors (Lipinski definition) is 6. The Hall–Kier alpha value is -3.58. The van der Waals surface area contributed by atoms with Crippen molar-refractivity contribution in [3.05, 3.63) is 83.8 Å². The number of carbonyl (C=O) groups excluding carboxylic acids is 1. The Morgan fingerprint density at radius 2 is 1.79 bits per heavy atom. The van der Waals surface area contributed by atoms with Gasteiger partial charge < -0.3 is 14.4 Å². The molecule has 3 aromatic rings. The Balaban J connectivity index is 1.28. The number of piperazine rings is 1. The van der Waals surface area contributed by atoms with E-state index >= 15 is 0 Å². The van der Waals surface area contributed by atoms with Crippen molar-refractivity contribution in [3.8, 4) is 5.75 Å². The van der Waals surface area contributed by atoms with Crippen molar-refractivity contribution >= 4 is 17.3 Å². The highest BCUT2D eigenvalue weighted by molar-refractivity contribution is 6.03. The molecule has 1 amide bonds. The summed E-state index contributed by atoms with van der Waals surface area (Å²) in [7, 11) is 0. The number of rotatable bonds is 5. The number of anilines is 1. The van der Waals surface area contributed by atoms with Crippen LogP contribution in [0.25, 0.3) is 0 Å². The summed E-state index contributed by atoms with van der Waals surface area (Å²) in [6.07, 6.45) is 2.27. The Labute approximate surface area is 193 Å². The smallest absolute Gasteiger partial charge is 0.257 e. The van der Waals surface area contributed by atoms with Crippen molar-refractivity contribution in [2.75, 3.05) is 37.6 Å². The monoisotopic (exact) mass is 444 g/mol. The summed E-state index contributed by atoms with van der Waals surface area (Å²) in [6, 6.07) is 19.1. The lowest BCUT2D eigenvalue weighted by Gasteiger charge is -2.36. The van der Waals surface area contributed by atoms with Crippen LogP contribution in [0.2, 0.25) is 0 Å². The molecule has 1 fully saturated rings. The van der Waals surface area contributed by atoms with Gasteiger partial charge in [-0.25, -0.2) is 5.01 Å². The molecule has 2 aromatic carbocycles. The maximum Gasteiger partial charge on any atom is 0.257 e. The topological polar surface area (TPSA) is 72.5 Å². The molecule has 2 aliphatic rings. The molecule has 1 N–H and O–H groups in total. The largest absolute Gasteiger partial charge is 0.506 e. The summed E-state index contributed by atoms with van der Waals surface area (Å²) in [5.41, 5.74) is 3.96. The van der Waals surface area contributed by atoms with Crippen molar-refractivity contribution in [1.29, 1.82) is 0 Å². The molecular weight excluding hydrogens is 416 g/mol. The first-order valence-electron chi connectivity index (χ1n) is 11.3. The third-order valence-electron chi connectivity index (χ3n) is 6.38. The lowest BCUT2D eigenvalue weighted by Crippen LogP contribution is -2.49. The van der Waals surface area contributed by atoms with Crippen molar-refractivity contribution < 1.29 is 14.3 Å². The first-order chi connectivity index (χ1) is 16.1. The highest BCUT2D eigenvalue weighted by Gasteiger charge is 2.35. The number of nitrogens with zero attached hydrogens (tertiary/aromatic N) is 4. The van der Waals surface area contributed by atoms with Gasteiger partial charge in [0.25, 0.3) is 5.91 Å². The predicted octanol–water partition coefficient (Wildman–Crippen LogP) is 3.79. The molecule has 0 unspecified atom stereocenters. The van der Waals surface area contributed by atoms with Gasteiger partial charge in [0.05, 0.1) is 24.2 Å². The van der Waals surface area contributed by atoms with Crippen molar-refractivity contribution in [2.45, 2.75) is 19.4 Å². The number of hydrazone groups is 1. The molecule has 0 aliphatic carbocycles. The SMILES string of the molecule is Cc1ccc(C2=NN(C(=O)CN3CCN(c4ccccc4O)CC3)[C@@H](c3ccco3)C2)cc1. The maximum absolute atomic E-state index is 13.3. The second-order valence-corrected chi connectivity index (χ2v) is 8.64. The standard InChI is InChI=1S/C26H28N4O3/c1-19-8-10-20(11-9-19)21-17-23(25-7-4-16-33-25)30(27-21)26(32)18-28-12-14-29(15-13-28)22-5-2-3-6-24(22)31/h2-11,16,23,31H,12-15,17-18H2,1H3/t23-/m1/s1. The Bertz CT molecular complexity index is 1130. The number of benzene rings is 2. The summed E-state index contributed by atoms with van der Waals surface area (Å²) in [5, 5.41) is 16.5. The third-order valence-corrected chi connectivity index (χ3v) is 6.38. The van der Waals surface area contributed by atoms with Crippen LogP contribution < -0.4 is 4.90 Å². The van der Waals surface area contributed by atoms with Crippen LogP contribution in [0.3, 0.4) is 0 Å². The lowest BCUT2D eigenvalue weighted by molar-refractivity contribution is -0.134. The molecule has 1 saturated heterocycles. The highest BCUT2D eigenvalue weighted by Crippen LogP contribution is 2.33. The van der Waals surface area contributed by atoms with Crippen molar-refractivity contribution in [1.82, 2.24) is 9.91 Å². The fourth-order valence-electron chi connectivity index (χ4n) is 4.51. The Kier molecular flexibility index (Phi) is 5.88. The molecule has 1 atom stereocenters. The van der Waals surface area contributed by atoms with E-state index in [2.05, 4.69) is 41.0 Å². The number of amides is 1. The van der Waals surface area contributed by atoms with Gasteiger partial charge >= 0.3 is 0 Å². The van der Waals surface area contributed by atoms with Gasteiger partial charge in [-0.2, -0.15) is 5.10 Å². The summed E-state index contributed by atoms with van der Waals surface area (Å²) in [6.45, 7) is 5.35. The average molecular weight is 445 g/mol. The fourth-order valence-corrected chi connectivity index (χ4v) is 4.51. The van der Waals surface area contributed by atoms with E-state index in [1.54, 1.807) is 17.3 Å². The maximum atomic E-state index is 13.3. The van der Waals surface area contributed by atoms with E-state index in [9.17, 15) is 9.90 Å². The van der Waals surface area contributed by atoms with E-state index in [0.29, 0.717) is 18.7 Å². The number of furan rings is 1. The summed E-state index contributed by atoms with van der Waals surface area (Å²) < 4.78 is 5.65. The molecule has 7 heteroatoms. The fraction of sp³-hybridized carbons (Fsp3) is 0.308. The van der Waals surface area contributed by atoms with Gasteiger partial charge in [0.1, 0.15) is 17.6 Å². The van der Waals surface area contributed by atoms with Crippen LogP contribution in [0.15, 0.2) is 76.4 Å². The Morgan fingerprint density at radius 1 is 1.03 bits per heavy atom. The third kappa shape index (κ3) is 4.50. The molecule has 5 rings (SSSR count). The van der Waals surface area contributed by atoms with E-state index in [4.69, 9.17) is 9.52 Å². The number of aryl methyl sites for hydroxylation is 1. The minimum atomic E-state index is -0.230. The number of para-hydroxylation sites is 2. The quantitative estimate of drug-likeness (QED) is 0.648. The molecule has 0 radical (unpaired) electrons. The summed E-state index contributed by atoms with van der Waals surface area (Å²) in [4.78, 5) is 17.6. The number of phenolic OH excluding ortho intramolecular Hbond substituents is 1. The summed E-state index contributed by atoms with van der Waals surface area (Å²) in [5.74, 6) is 1.01. The summed E-state index contributed by atoms with van der Waals surface area (Å²) >= 11 is 0. The van der Waals surface area contributed by atoms with E-state index in [1.807, 2.05) is 30.3 Å². The van der Waals surface area contributed by atoms with Gasteiger partial charge in [-0.15, -0.1) is 0 Å². The predicted molar refractivity (Wildman–Crippen MR) is 127 cm³/mol. The molecule has 33 heavy (non-hydrogen) atoms. The molecule has 0 bridgehead atoms. The molecule has 2 aliphatic heterocycles. The minimum absolute atomic E-state index is 0.0329. The molecule has 1 aromatic heterocycles. The normalized spacial score (nSPS) is 19.1. The van der Waals surface area contributed by atoms with E-state index in [-0.39, 0.29) is 11.9 Å². The minimum Gasteiger partial charge on any atom is -0.506 e. The number of aromatic hydroxyl groups is 1. The second-order valence-electron chi connectivity index (χ2n) is 8.64. The highest BCUT2D eigenvalue weighted by atomic mass is 16.3. The Morgan fingerprint density at radius 3 is 2.48 bits per heavy atom. The van der Waals surface area contributed by atoms with E-state index in [0.717, 1.165) is 48.9 Å². The zero-order valence-corrected chi connectivity index (χ0v) is 18.7. The zero-order chi connectivity index (χ0) is 22.8. The first kappa shape index (κ1) is 21.3. The van der Waals surface area contributed by atoms with Crippen LogP contribution in [0, 0.1) is 6.92 Å². The molecule has 0 spiro atoms. The second kappa shape index (κ2) is 9.11. The van der Waals surface area contributed by atoms with Crippen molar-refractivity contribution in [2.24, 2.45) is 5.10 Å². The van der Waals surface area contributed by atoms with Crippen LogP contribution in [0.1, 0.15) is 29.3 Å². The van der Waals surface area contributed by atoms with Crippen molar-refractivity contribution in [3.63, 3.8) is 0 Å². The molecule has 170 valence electrons. The van der Waals surface area contributed by atoms with Crippen LogP contribution in [-0.2, 0) is 4.79 Å². The molecule has 0 saturated carbocycles. The van der Waals surface area contributed by atoms with Crippen LogP contribution in [0.5, 0.6) is 5.75 Å². The van der Waals surface area contributed by atoms with Gasteiger partial charge in [0, 0.05) is 32.6 Å². The van der Waals surface area contributed by atoms with E-state index < -0.39 is 0 Å². The van der Waals surface area contributed by atoms with Gasteiger partial charge in [0.2, 0.25) is 0 Å². The van der Waals surface area contributed by atoms with Gasteiger partial charge in [-0.3, -0.25) is 9.69 Å². The number of phenols is 1. The van der Waals surface area contributed by atoms with Crippen LogP contribution in [-0.4, -0.2) is 59.4 Å². The first-order valence-corrected chi connectivity index (χ1v) is 11.3. The molecular formula is C26H28N4O3. The molecule has 7 nitrogen and oxygen atoms in total. The molecule has 3 heterocycles. The number of carbonyl (C=O) groups is 1. The van der Waals surface area contributed by atoms with Crippen LogP contribution in [0.4, 0.5) is 5.69 Å². The van der Waals surface area contributed by atoms with Gasteiger partial charge in [-0.05, 0) is 36.8 Å². The average Bonchev–Trinajstić information content (AvgIpc) is 3.51. The van der Waals surface area contributed by atoms with Gasteiger partial charge in [-0.1, -0.05) is 42.0 Å². The number of hydrogen-bond donors (Lipinski definition) is 1. The van der Waals surface area contributed by atoms with Crippen LogP contribution >= 0.6 is 0 Å². The zero-order valence-electron chi connectivity index (χ0n) is 18.7. The van der Waals surface area contributed by atoms with E-state index in [1.165, 1.54) is 5.56 Å². The lowest BCUT2D eigenvalue weighted by atomic mass is 10.0.